The van der Waals surface area contributed by atoms with Gasteiger partial charge in [0.15, 0.2) is 0 Å². The molecule has 1 amide bonds. The largest absolute Gasteiger partial charge is 0.497 e. The maximum atomic E-state index is 12.0. The zero-order valence-corrected chi connectivity index (χ0v) is 11.9. The monoisotopic (exact) mass is 284 g/mol. The normalized spacial score (nSPS) is 10.4. The fourth-order valence-electron chi connectivity index (χ4n) is 1.78. The van der Waals surface area contributed by atoms with Gasteiger partial charge in [0.1, 0.15) is 11.5 Å². The van der Waals surface area contributed by atoms with Gasteiger partial charge in [-0.2, -0.15) is 5.10 Å². The number of hydrogen-bond donors (Lipinski definition) is 1. The Morgan fingerprint density at radius 2 is 1.90 bits per heavy atom. The van der Waals surface area contributed by atoms with E-state index in [2.05, 4.69) is 10.5 Å². The van der Waals surface area contributed by atoms with Crippen molar-refractivity contribution in [2.75, 3.05) is 14.2 Å². The van der Waals surface area contributed by atoms with Crippen LogP contribution in [0, 0.1) is 0 Å². The van der Waals surface area contributed by atoms with E-state index in [1.54, 1.807) is 37.6 Å². The second-order valence-electron chi connectivity index (χ2n) is 4.18. The summed E-state index contributed by atoms with van der Waals surface area (Å²) >= 11 is 0. The van der Waals surface area contributed by atoms with E-state index in [0.29, 0.717) is 11.3 Å². The number of nitrogens with one attached hydrogen (secondary N) is 1. The van der Waals surface area contributed by atoms with Crippen LogP contribution in [0.25, 0.3) is 0 Å². The number of carbonyl (C=O) groups is 1. The fourth-order valence-corrected chi connectivity index (χ4v) is 1.78. The lowest BCUT2D eigenvalue weighted by atomic mass is 10.2. The van der Waals surface area contributed by atoms with E-state index >= 15 is 0 Å². The standard InChI is InChI=1S/C16H16N2O3/c1-20-13-7-5-6-12(10-13)11-17-18-16(19)14-8-3-4-9-15(14)21-2/h3-11H,1-2H3,(H,18,19)/b17-11-. The highest BCUT2D eigenvalue weighted by Crippen LogP contribution is 2.16. The van der Waals surface area contributed by atoms with Crippen LogP contribution in [0.2, 0.25) is 0 Å². The van der Waals surface area contributed by atoms with Gasteiger partial charge in [0.25, 0.3) is 5.91 Å². The van der Waals surface area contributed by atoms with Crippen molar-refractivity contribution in [1.29, 1.82) is 0 Å². The second kappa shape index (κ2) is 7.09. The molecule has 5 heteroatoms. The lowest BCUT2D eigenvalue weighted by molar-refractivity contribution is 0.0952. The van der Waals surface area contributed by atoms with Crippen LogP contribution in [0.1, 0.15) is 15.9 Å². The van der Waals surface area contributed by atoms with Crippen LogP contribution in [-0.2, 0) is 0 Å². The summed E-state index contributed by atoms with van der Waals surface area (Å²) in [7, 11) is 3.12. The summed E-state index contributed by atoms with van der Waals surface area (Å²) in [5.74, 6) is 0.910. The molecular formula is C16H16N2O3. The first kappa shape index (κ1) is 14.6. The molecule has 0 unspecified atom stereocenters. The predicted molar refractivity (Wildman–Crippen MR) is 81.0 cm³/mol. The maximum absolute atomic E-state index is 12.0. The minimum atomic E-state index is -0.327. The molecular weight excluding hydrogens is 268 g/mol. The van der Waals surface area contributed by atoms with Crippen molar-refractivity contribution in [1.82, 2.24) is 5.43 Å². The Morgan fingerprint density at radius 1 is 1.10 bits per heavy atom. The molecule has 2 aromatic rings. The maximum Gasteiger partial charge on any atom is 0.275 e. The van der Waals surface area contributed by atoms with Crippen molar-refractivity contribution in [2.45, 2.75) is 0 Å². The van der Waals surface area contributed by atoms with Gasteiger partial charge in [-0.3, -0.25) is 4.79 Å². The third-order valence-electron chi connectivity index (χ3n) is 2.83. The molecule has 0 aromatic heterocycles. The molecule has 0 atom stereocenters. The van der Waals surface area contributed by atoms with Crippen LogP contribution in [0.5, 0.6) is 11.5 Å². The van der Waals surface area contributed by atoms with Crippen LogP contribution in [-0.4, -0.2) is 26.3 Å². The first-order valence-electron chi connectivity index (χ1n) is 6.35. The summed E-state index contributed by atoms with van der Waals surface area (Å²) in [5.41, 5.74) is 3.73. The Labute approximate surface area is 123 Å². The van der Waals surface area contributed by atoms with Crippen molar-refractivity contribution in [3.05, 3.63) is 59.7 Å². The molecule has 0 bridgehead atoms. The zero-order valence-electron chi connectivity index (χ0n) is 11.9. The Balaban J connectivity index is 2.05. The zero-order chi connectivity index (χ0) is 15.1. The molecule has 0 heterocycles. The Hall–Kier alpha value is -2.82. The first-order valence-corrected chi connectivity index (χ1v) is 6.35. The highest BCUT2D eigenvalue weighted by atomic mass is 16.5. The van der Waals surface area contributed by atoms with Gasteiger partial charge < -0.3 is 9.47 Å². The summed E-state index contributed by atoms with van der Waals surface area (Å²) < 4.78 is 10.2. The number of methoxy groups -OCH3 is 2. The quantitative estimate of drug-likeness (QED) is 0.677. The van der Waals surface area contributed by atoms with Crippen LogP contribution in [0.15, 0.2) is 53.6 Å². The summed E-state index contributed by atoms with van der Waals surface area (Å²) in [4.78, 5) is 12.0. The third-order valence-corrected chi connectivity index (χ3v) is 2.83. The van der Waals surface area contributed by atoms with E-state index in [0.717, 1.165) is 11.3 Å². The smallest absolute Gasteiger partial charge is 0.275 e. The number of hydrazone groups is 1. The number of benzene rings is 2. The van der Waals surface area contributed by atoms with Crippen molar-refractivity contribution < 1.29 is 14.3 Å². The fraction of sp³-hybridized carbons (Fsp3) is 0.125. The molecule has 0 radical (unpaired) electrons. The number of ether oxygens (including phenoxy) is 2. The van der Waals surface area contributed by atoms with E-state index in [4.69, 9.17) is 9.47 Å². The number of nitrogens with zero attached hydrogens (tertiary/aromatic N) is 1. The van der Waals surface area contributed by atoms with E-state index < -0.39 is 0 Å². The lowest BCUT2D eigenvalue weighted by Crippen LogP contribution is -2.18. The van der Waals surface area contributed by atoms with Crippen molar-refractivity contribution in [2.24, 2.45) is 5.10 Å². The Kier molecular flexibility index (Phi) is 4.93. The summed E-state index contributed by atoms with van der Waals surface area (Å²) in [6.07, 6.45) is 1.55. The van der Waals surface area contributed by atoms with Gasteiger partial charge in [0.2, 0.25) is 0 Å². The predicted octanol–water partition coefficient (Wildman–Crippen LogP) is 2.47. The lowest BCUT2D eigenvalue weighted by Gasteiger charge is -2.06. The second-order valence-corrected chi connectivity index (χ2v) is 4.18. The summed E-state index contributed by atoms with van der Waals surface area (Å²) in [6, 6.07) is 14.3. The number of para-hydroxylation sites is 1. The highest BCUT2D eigenvalue weighted by molar-refractivity contribution is 5.97. The number of hydrogen-bond acceptors (Lipinski definition) is 4. The van der Waals surface area contributed by atoms with Crippen molar-refractivity contribution >= 4 is 12.1 Å². The van der Waals surface area contributed by atoms with Gasteiger partial charge in [0, 0.05) is 0 Å². The van der Waals surface area contributed by atoms with Crippen LogP contribution >= 0.6 is 0 Å². The SMILES string of the molecule is COc1cccc(/C=N\NC(=O)c2ccccc2OC)c1. The van der Waals surface area contributed by atoms with Crippen LogP contribution in [0.4, 0.5) is 0 Å². The Bertz CT molecular complexity index is 653. The number of carbonyl (C=O) groups excluding carboxylic acids is 1. The molecule has 21 heavy (non-hydrogen) atoms. The molecule has 0 aliphatic rings. The average molecular weight is 284 g/mol. The van der Waals surface area contributed by atoms with Gasteiger partial charge >= 0.3 is 0 Å². The van der Waals surface area contributed by atoms with Gasteiger partial charge in [-0.05, 0) is 29.8 Å². The van der Waals surface area contributed by atoms with Crippen LogP contribution < -0.4 is 14.9 Å². The van der Waals surface area contributed by atoms with Gasteiger partial charge in [-0.1, -0.05) is 24.3 Å². The summed E-state index contributed by atoms with van der Waals surface area (Å²) in [6.45, 7) is 0. The molecule has 0 saturated carbocycles. The minimum absolute atomic E-state index is 0.327. The van der Waals surface area contributed by atoms with E-state index in [-0.39, 0.29) is 5.91 Å². The molecule has 0 saturated heterocycles. The third kappa shape index (κ3) is 3.82. The molecule has 108 valence electrons. The molecule has 2 aromatic carbocycles. The molecule has 1 N–H and O–H groups in total. The molecule has 0 spiro atoms. The molecule has 0 aliphatic heterocycles. The molecule has 5 nitrogen and oxygen atoms in total. The number of amides is 1. The minimum Gasteiger partial charge on any atom is -0.497 e. The van der Waals surface area contributed by atoms with Gasteiger partial charge in [-0.15, -0.1) is 0 Å². The Morgan fingerprint density at radius 3 is 2.67 bits per heavy atom. The highest BCUT2D eigenvalue weighted by Gasteiger charge is 2.09. The van der Waals surface area contributed by atoms with E-state index in [9.17, 15) is 4.79 Å². The van der Waals surface area contributed by atoms with Gasteiger partial charge in [-0.25, -0.2) is 5.43 Å². The van der Waals surface area contributed by atoms with Gasteiger partial charge in [0.05, 0.1) is 26.0 Å². The first-order chi connectivity index (χ1) is 10.2. The topological polar surface area (TPSA) is 59.9 Å². The van der Waals surface area contributed by atoms with Crippen molar-refractivity contribution in [3.63, 3.8) is 0 Å². The number of rotatable bonds is 5. The molecule has 2 rings (SSSR count). The summed E-state index contributed by atoms with van der Waals surface area (Å²) in [5, 5.41) is 3.93. The molecule has 0 aliphatic carbocycles. The van der Waals surface area contributed by atoms with Crippen LogP contribution in [0.3, 0.4) is 0 Å². The van der Waals surface area contributed by atoms with E-state index in [1.807, 2.05) is 24.3 Å². The van der Waals surface area contributed by atoms with E-state index in [1.165, 1.54) is 7.11 Å². The van der Waals surface area contributed by atoms with Crippen molar-refractivity contribution in [3.8, 4) is 11.5 Å². The molecule has 0 fully saturated rings. The average Bonchev–Trinajstić information content (AvgIpc) is 2.55.